The topological polar surface area (TPSA) is 75.1 Å². The zero-order valence-corrected chi connectivity index (χ0v) is 14.6. The van der Waals surface area contributed by atoms with E-state index in [9.17, 15) is 9.90 Å². The maximum absolute atomic E-state index is 11.6. The van der Waals surface area contributed by atoms with Crippen molar-refractivity contribution in [1.82, 2.24) is 14.7 Å². The Kier molecular flexibility index (Phi) is 8.21. The molecule has 0 saturated carbocycles. The molecule has 0 fully saturated rings. The van der Waals surface area contributed by atoms with E-state index >= 15 is 0 Å². The van der Waals surface area contributed by atoms with E-state index < -0.39 is 11.5 Å². The lowest BCUT2D eigenvalue weighted by Gasteiger charge is -2.29. The third kappa shape index (κ3) is 5.56. The number of nitrogens with one attached hydrogen (secondary N) is 1. The van der Waals surface area contributed by atoms with Gasteiger partial charge in [-0.3, -0.25) is 4.79 Å². The molecule has 1 rings (SSSR count). The Morgan fingerprint density at radius 3 is 2.71 bits per heavy atom. The number of rotatable bonds is 11. The molecular formula is C14H25N3O2S2. The fraction of sp³-hybridized carbons (Fsp3) is 0.786. The van der Waals surface area contributed by atoms with Crippen LogP contribution in [0.25, 0.3) is 0 Å². The van der Waals surface area contributed by atoms with Crippen molar-refractivity contribution in [2.45, 2.75) is 62.8 Å². The lowest BCUT2D eigenvalue weighted by atomic mass is 9.90. The molecule has 1 aromatic rings. The van der Waals surface area contributed by atoms with Gasteiger partial charge in [0.1, 0.15) is 11.4 Å². The first kappa shape index (κ1) is 18.4. The highest BCUT2D eigenvalue weighted by molar-refractivity contribution is 8.00. The standard InChI is InChI=1S/C14H25N3O2S2/c1-4-9-15-14(6-3,12(18)19)8-7-10-20-13-16-11(5-2)17-21-13/h15H,4-10H2,1-3H3,(H,18,19). The number of hydrogen-bond acceptors (Lipinski definition) is 6. The number of nitrogens with zero attached hydrogens (tertiary/aromatic N) is 2. The van der Waals surface area contributed by atoms with Crippen molar-refractivity contribution >= 4 is 29.3 Å². The minimum atomic E-state index is -0.785. The molecule has 2 N–H and O–H groups in total. The predicted molar refractivity (Wildman–Crippen MR) is 88.2 cm³/mol. The third-order valence-corrected chi connectivity index (χ3v) is 5.42. The van der Waals surface area contributed by atoms with E-state index in [2.05, 4.69) is 14.7 Å². The minimum Gasteiger partial charge on any atom is -0.480 e. The van der Waals surface area contributed by atoms with Crippen molar-refractivity contribution in [2.75, 3.05) is 12.3 Å². The van der Waals surface area contributed by atoms with Crippen LogP contribution in [0.2, 0.25) is 0 Å². The second-order valence-electron chi connectivity index (χ2n) is 4.95. The molecule has 0 aliphatic heterocycles. The molecule has 21 heavy (non-hydrogen) atoms. The summed E-state index contributed by atoms with van der Waals surface area (Å²) in [7, 11) is 0. The number of carboxylic acids is 1. The SMILES string of the molecule is CCCNC(CC)(CCCSc1nc(CC)ns1)C(=O)O. The molecule has 1 aromatic heterocycles. The summed E-state index contributed by atoms with van der Waals surface area (Å²) in [6.07, 6.45) is 3.89. The summed E-state index contributed by atoms with van der Waals surface area (Å²) in [6, 6.07) is 0. The maximum atomic E-state index is 11.6. The van der Waals surface area contributed by atoms with Crippen LogP contribution < -0.4 is 5.32 Å². The van der Waals surface area contributed by atoms with Gasteiger partial charge in [-0.05, 0) is 43.8 Å². The molecule has 0 bridgehead atoms. The van der Waals surface area contributed by atoms with Gasteiger partial charge in [-0.25, -0.2) is 4.98 Å². The largest absolute Gasteiger partial charge is 0.480 e. The van der Waals surface area contributed by atoms with Crippen LogP contribution in [0.5, 0.6) is 0 Å². The van der Waals surface area contributed by atoms with E-state index in [0.29, 0.717) is 12.8 Å². The van der Waals surface area contributed by atoms with Crippen molar-refractivity contribution in [3.63, 3.8) is 0 Å². The van der Waals surface area contributed by atoms with Crippen LogP contribution in [-0.4, -0.2) is 38.3 Å². The van der Waals surface area contributed by atoms with Crippen molar-refractivity contribution in [3.05, 3.63) is 5.82 Å². The Bertz CT molecular complexity index is 440. The summed E-state index contributed by atoms with van der Waals surface area (Å²) < 4.78 is 5.23. The summed E-state index contributed by atoms with van der Waals surface area (Å²) in [5.41, 5.74) is -0.785. The normalized spacial score (nSPS) is 14.0. The van der Waals surface area contributed by atoms with Gasteiger partial charge in [-0.1, -0.05) is 32.5 Å². The Hall–Kier alpha value is -0.660. The number of aliphatic carboxylic acids is 1. The molecule has 0 amide bonds. The molecule has 0 aliphatic rings. The van der Waals surface area contributed by atoms with Crippen LogP contribution in [0.15, 0.2) is 4.34 Å². The van der Waals surface area contributed by atoms with Crippen molar-refractivity contribution < 1.29 is 9.90 Å². The van der Waals surface area contributed by atoms with Crippen LogP contribution in [-0.2, 0) is 11.2 Å². The van der Waals surface area contributed by atoms with Gasteiger partial charge in [0.2, 0.25) is 0 Å². The van der Waals surface area contributed by atoms with Crippen molar-refractivity contribution in [3.8, 4) is 0 Å². The number of carbonyl (C=O) groups is 1. The first-order valence-electron chi connectivity index (χ1n) is 7.51. The summed E-state index contributed by atoms with van der Waals surface area (Å²) in [5, 5.41) is 12.7. The molecule has 1 unspecified atom stereocenters. The summed E-state index contributed by atoms with van der Waals surface area (Å²) in [6.45, 7) is 6.76. The highest BCUT2D eigenvalue weighted by atomic mass is 32.2. The zero-order chi connectivity index (χ0) is 15.7. The van der Waals surface area contributed by atoms with E-state index in [4.69, 9.17) is 0 Å². The molecule has 0 saturated heterocycles. The predicted octanol–water partition coefficient (Wildman–Crippen LogP) is 3.21. The highest BCUT2D eigenvalue weighted by Crippen LogP contribution is 2.24. The Labute approximate surface area is 135 Å². The number of aryl methyl sites for hydroxylation is 1. The number of hydrogen-bond donors (Lipinski definition) is 2. The zero-order valence-electron chi connectivity index (χ0n) is 13.0. The average Bonchev–Trinajstić information content (AvgIpc) is 2.94. The van der Waals surface area contributed by atoms with E-state index in [0.717, 1.165) is 41.7 Å². The maximum Gasteiger partial charge on any atom is 0.323 e. The van der Waals surface area contributed by atoms with Crippen LogP contribution >= 0.6 is 23.3 Å². The fourth-order valence-electron chi connectivity index (χ4n) is 2.06. The Balaban J connectivity index is 2.43. The average molecular weight is 332 g/mol. The molecule has 0 aromatic carbocycles. The number of aromatic nitrogens is 2. The molecule has 5 nitrogen and oxygen atoms in total. The van der Waals surface area contributed by atoms with Gasteiger partial charge in [-0.2, -0.15) is 4.37 Å². The summed E-state index contributed by atoms with van der Waals surface area (Å²) >= 11 is 3.10. The van der Waals surface area contributed by atoms with Gasteiger partial charge in [0, 0.05) is 12.2 Å². The second-order valence-corrected chi connectivity index (χ2v) is 7.04. The minimum absolute atomic E-state index is 0.603. The quantitative estimate of drug-likeness (QED) is 0.479. The van der Waals surface area contributed by atoms with Crippen LogP contribution in [0.1, 0.15) is 52.3 Å². The first-order valence-corrected chi connectivity index (χ1v) is 9.27. The van der Waals surface area contributed by atoms with E-state index in [-0.39, 0.29) is 0 Å². The molecule has 0 radical (unpaired) electrons. The Morgan fingerprint density at radius 1 is 1.43 bits per heavy atom. The highest BCUT2D eigenvalue weighted by Gasteiger charge is 2.35. The number of carboxylic acid groups (broad SMARTS) is 1. The second kappa shape index (κ2) is 9.38. The summed E-state index contributed by atoms with van der Waals surface area (Å²) in [5.74, 6) is 1.02. The van der Waals surface area contributed by atoms with E-state index in [1.807, 2.05) is 20.8 Å². The lowest BCUT2D eigenvalue weighted by molar-refractivity contribution is -0.145. The smallest absolute Gasteiger partial charge is 0.323 e. The van der Waals surface area contributed by atoms with Gasteiger partial charge in [0.25, 0.3) is 0 Å². The summed E-state index contributed by atoms with van der Waals surface area (Å²) in [4.78, 5) is 16.0. The molecular weight excluding hydrogens is 306 g/mol. The van der Waals surface area contributed by atoms with Gasteiger partial charge >= 0.3 is 5.97 Å². The monoisotopic (exact) mass is 331 g/mol. The van der Waals surface area contributed by atoms with Crippen molar-refractivity contribution in [1.29, 1.82) is 0 Å². The lowest BCUT2D eigenvalue weighted by Crippen LogP contribution is -2.52. The van der Waals surface area contributed by atoms with Gasteiger partial charge < -0.3 is 10.4 Å². The molecule has 0 spiro atoms. The van der Waals surface area contributed by atoms with E-state index in [1.165, 1.54) is 11.5 Å². The van der Waals surface area contributed by atoms with Crippen LogP contribution in [0, 0.1) is 0 Å². The van der Waals surface area contributed by atoms with Crippen LogP contribution in [0.4, 0.5) is 0 Å². The molecule has 1 atom stereocenters. The number of thioether (sulfide) groups is 1. The van der Waals surface area contributed by atoms with Gasteiger partial charge in [0.15, 0.2) is 4.34 Å². The third-order valence-electron chi connectivity index (χ3n) is 3.47. The first-order chi connectivity index (χ1) is 10.1. The van der Waals surface area contributed by atoms with Crippen LogP contribution in [0.3, 0.4) is 0 Å². The molecule has 0 aliphatic carbocycles. The molecule has 120 valence electrons. The van der Waals surface area contributed by atoms with E-state index in [1.54, 1.807) is 11.8 Å². The van der Waals surface area contributed by atoms with Gasteiger partial charge in [0.05, 0.1) is 0 Å². The van der Waals surface area contributed by atoms with Gasteiger partial charge in [-0.15, -0.1) is 0 Å². The molecule has 1 heterocycles. The molecule has 7 heteroatoms. The fourth-order valence-corrected chi connectivity index (χ4v) is 3.77. The van der Waals surface area contributed by atoms with Crippen molar-refractivity contribution in [2.24, 2.45) is 0 Å². The Morgan fingerprint density at radius 2 is 2.19 bits per heavy atom.